The van der Waals surface area contributed by atoms with E-state index < -0.39 is 11.8 Å². The fourth-order valence-corrected chi connectivity index (χ4v) is 2.98. The van der Waals surface area contributed by atoms with E-state index in [-0.39, 0.29) is 12.6 Å². The van der Waals surface area contributed by atoms with Crippen LogP contribution in [0, 0.1) is 5.82 Å². The summed E-state index contributed by atoms with van der Waals surface area (Å²) in [4.78, 5) is 19.1. The number of carbonyl (C=O) groups is 1. The highest BCUT2D eigenvalue weighted by molar-refractivity contribution is 5.66. The molecule has 4 aromatic rings. The number of methoxy groups -OCH3 is 1. The highest BCUT2D eigenvalue weighted by Crippen LogP contribution is 2.26. The number of halogens is 1. The third-order valence-corrected chi connectivity index (χ3v) is 4.33. The molecular weight excluding hydrogens is 395 g/mol. The van der Waals surface area contributed by atoms with Gasteiger partial charge in [0.2, 0.25) is 5.88 Å². The predicted octanol–water partition coefficient (Wildman–Crippen LogP) is 1.79. The minimum atomic E-state index is -1.02. The molecule has 0 spiro atoms. The molecule has 11 nitrogen and oxygen atoms in total. The molecule has 12 heteroatoms. The summed E-state index contributed by atoms with van der Waals surface area (Å²) in [6.45, 7) is 1.53. The number of aliphatic carboxylic acids is 1. The largest absolute Gasteiger partial charge is 0.481 e. The summed E-state index contributed by atoms with van der Waals surface area (Å²) < 4.78 is 21.6. The van der Waals surface area contributed by atoms with Crippen molar-refractivity contribution < 1.29 is 19.0 Å². The van der Waals surface area contributed by atoms with Gasteiger partial charge in [-0.15, -0.1) is 10.2 Å². The van der Waals surface area contributed by atoms with Crippen LogP contribution in [0.3, 0.4) is 0 Å². The van der Waals surface area contributed by atoms with E-state index in [2.05, 4.69) is 30.7 Å². The summed E-state index contributed by atoms with van der Waals surface area (Å²) in [5.74, 6) is -0.677. The fraction of sp³-hybridized carbons (Fsp3) is 0.222. The molecule has 0 amide bonds. The van der Waals surface area contributed by atoms with Crippen molar-refractivity contribution >= 4 is 17.4 Å². The molecule has 4 rings (SSSR count). The number of imidazole rings is 1. The van der Waals surface area contributed by atoms with Gasteiger partial charge in [0, 0.05) is 5.56 Å². The second kappa shape index (κ2) is 7.73. The van der Waals surface area contributed by atoms with Gasteiger partial charge >= 0.3 is 5.97 Å². The number of nitrogens with one attached hydrogen (secondary N) is 1. The van der Waals surface area contributed by atoms with Crippen molar-refractivity contribution in [2.24, 2.45) is 0 Å². The summed E-state index contributed by atoms with van der Waals surface area (Å²) in [7, 11) is 1.47. The van der Waals surface area contributed by atoms with Gasteiger partial charge in [-0.25, -0.2) is 23.6 Å². The van der Waals surface area contributed by atoms with Crippen LogP contribution in [0.15, 0.2) is 36.8 Å². The Bertz CT molecular complexity index is 1220. The van der Waals surface area contributed by atoms with Gasteiger partial charge in [0.25, 0.3) is 0 Å². The van der Waals surface area contributed by atoms with Crippen molar-refractivity contribution in [1.29, 1.82) is 0 Å². The van der Waals surface area contributed by atoms with Crippen molar-refractivity contribution in [3.63, 3.8) is 0 Å². The standard InChI is InChI=1S/C18H17FN8O3/c1-10(12-5-11(19)6-21-18(12)30-2)22-15-3-4-16-20-7-14(27(16)24-15)13-8-26(25-23-13)9-17(28)29/h3-8,10H,9H2,1-2H3,(H,22,24)(H,28,29)/t10-/m1/s1. The van der Waals surface area contributed by atoms with E-state index in [1.807, 2.05) is 6.92 Å². The molecule has 0 saturated carbocycles. The van der Waals surface area contributed by atoms with Gasteiger partial charge in [-0.2, -0.15) is 0 Å². The van der Waals surface area contributed by atoms with Crippen LogP contribution in [-0.4, -0.2) is 52.8 Å². The predicted molar refractivity (Wildman–Crippen MR) is 102 cm³/mol. The van der Waals surface area contributed by atoms with E-state index >= 15 is 0 Å². The number of anilines is 1. The highest BCUT2D eigenvalue weighted by atomic mass is 19.1. The Morgan fingerprint density at radius 1 is 1.33 bits per heavy atom. The first kappa shape index (κ1) is 19.2. The van der Waals surface area contributed by atoms with Crippen molar-refractivity contribution in [3.8, 4) is 17.3 Å². The van der Waals surface area contributed by atoms with Crippen molar-refractivity contribution in [3.05, 3.63) is 48.2 Å². The number of carboxylic acid groups (broad SMARTS) is 1. The number of hydrogen-bond acceptors (Lipinski definition) is 8. The molecule has 30 heavy (non-hydrogen) atoms. The van der Waals surface area contributed by atoms with Gasteiger partial charge in [0.1, 0.15) is 29.6 Å². The van der Waals surface area contributed by atoms with E-state index in [1.54, 1.807) is 22.8 Å². The number of fused-ring (bicyclic) bond motifs is 1. The smallest absolute Gasteiger partial charge is 0.325 e. The van der Waals surface area contributed by atoms with Crippen LogP contribution in [0.5, 0.6) is 5.88 Å². The lowest BCUT2D eigenvalue weighted by Gasteiger charge is -2.17. The van der Waals surface area contributed by atoms with E-state index in [9.17, 15) is 9.18 Å². The monoisotopic (exact) mass is 412 g/mol. The van der Waals surface area contributed by atoms with Crippen molar-refractivity contribution in [1.82, 2.24) is 34.6 Å². The van der Waals surface area contributed by atoms with Crippen molar-refractivity contribution in [2.75, 3.05) is 12.4 Å². The van der Waals surface area contributed by atoms with Gasteiger partial charge < -0.3 is 15.2 Å². The number of rotatable bonds is 7. The lowest BCUT2D eigenvalue weighted by Crippen LogP contribution is -2.12. The molecule has 0 fully saturated rings. The summed E-state index contributed by atoms with van der Waals surface area (Å²) in [6.07, 6.45) is 4.17. The number of nitrogens with zero attached hydrogens (tertiary/aromatic N) is 7. The molecule has 0 aliphatic heterocycles. The van der Waals surface area contributed by atoms with Crippen LogP contribution in [-0.2, 0) is 11.3 Å². The van der Waals surface area contributed by atoms with Crippen LogP contribution < -0.4 is 10.1 Å². The molecule has 2 N–H and O–H groups in total. The summed E-state index contributed by atoms with van der Waals surface area (Å²) in [5, 5.41) is 24.4. The third-order valence-electron chi connectivity index (χ3n) is 4.33. The molecule has 0 aliphatic carbocycles. The van der Waals surface area contributed by atoms with E-state index in [4.69, 9.17) is 9.84 Å². The first-order valence-corrected chi connectivity index (χ1v) is 8.87. The normalized spacial score (nSPS) is 12.1. The highest BCUT2D eigenvalue weighted by Gasteiger charge is 2.16. The maximum Gasteiger partial charge on any atom is 0.325 e. The van der Waals surface area contributed by atoms with E-state index in [1.165, 1.54) is 24.1 Å². The summed E-state index contributed by atoms with van der Waals surface area (Å²) in [6, 6.07) is 4.50. The zero-order valence-electron chi connectivity index (χ0n) is 16.0. The van der Waals surface area contributed by atoms with Crippen LogP contribution >= 0.6 is 0 Å². The Morgan fingerprint density at radius 2 is 2.17 bits per heavy atom. The number of aromatic nitrogens is 7. The number of carboxylic acids is 1. The molecule has 0 aliphatic rings. The Morgan fingerprint density at radius 3 is 2.93 bits per heavy atom. The van der Waals surface area contributed by atoms with Crippen LogP contribution in [0.2, 0.25) is 0 Å². The second-order valence-electron chi connectivity index (χ2n) is 6.45. The molecule has 154 valence electrons. The molecule has 1 atom stereocenters. The molecule has 4 heterocycles. The first-order chi connectivity index (χ1) is 14.4. The van der Waals surface area contributed by atoms with Crippen LogP contribution in [0.4, 0.5) is 10.2 Å². The van der Waals surface area contributed by atoms with Gasteiger partial charge in [-0.05, 0) is 25.1 Å². The molecule has 0 aromatic carbocycles. The average molecular weight is 412 g/mol. The quantitative estimate of drug-likeness (QED) is 0.466. The Kier molecular flexibility index (Phi) is 4.96. The Balaban J connectivity index is 1.64. The van der Waals surface area contributed by atoms with Crippen LogP contribution in [0.25, 0.3) is 17.0 Å². The van der Waals surface area contributed by atoms with Gasteiger partial charge in [-0.1, -0.05) is 5.21 Å². The second-order valence-corrected chi connectivity index (χ2v) is 6.45. The molecule has 0 bridgehead atoms. The fourth-order valence-electron chi connectivity index (χ4n) is 2.98. The van der Waals surface area contributed by atoms with Gasteiger partial charge in [0.05, 0.1) is 31.7 Å². The molecule has 0 unspecified atom stereocenters. The minimum Gasteiger partial charge on any atom is -0.481 e. The van der Waals surface area contributed by atoms with E-state index in [0.29, 0.717) is 34.3 Å². The lowest BCUT2D eigenvalue weighted by atomic mass is 10.1. The maximum atomic E-state index is 13.6. The first-order valence-electron chi connectivity index (χ1n) is 8.87. The number of hydrogen-bond donors (Lipinski definition) is 2. The number of pyridine rings is 1. The molecular formula is C18H17FN8O3. The SMILES string of the molecule is COc1ncc(F)cc1[C@@H](C)Nc1ccc2ncc(-c3cn(CC(=O)O)nn3)n2n1. The zero-order chi connectivity index (χ0) is 21.3. The Labute approximate surface area is 169 Å². The van der Waals surface area contributed by atoms with Gasteiger partial charge in [-0.3, -0.25) is 4.79 Å². The van der Waals surface area contributed by atoms with E-state index in [0.717, 1.165) is 6.20 Å². The van der Waals surface area contributed by atoms with Crippen molar-refractivity contribution in [2.45, 2.75) is 19.5 Å². The molecule has 0 radical (unpaired) electrons. The van der Waals surface area contributed by atoms with Gasteiger partial charge in [0.15, 0.2) is 5.65 Å². The Hall–Kier alpha value is -4.09. The summed E-state index contributed by atoms with van der Waals surface area (Å²) in [5.41, 5.74) is 2.09. The average Bonchev–Trinajstić information content (AvgIpc) is 3.33. The lowest BCUT2D eigenvalue weighted by molar-refractivity contribution is -0.137. The third kappa shape index (κ3) is 3.74. The van der Waals surface area contributed by atoms with Crippen LogP contribution in [0.1, 0.15) is 18.5 Å². The minimum absolute atomic E-state index is 0.301. The molecule has 0 saturated heterocycles. The topological polar surface area (TPSA) is 132 Å². The maximum absolute atomic E-state index is 13.6. The molecule has 4 aromatic heterocycles. The number of ether oxygens (including phenoxy) is 1. The summed E-state index contributed by atoms with van der Waals surface area (Å²) >= 11 is 0. The zero-order valence-corrected chi connectivity index (χ0v) is 16.0.